The van der Waals surface area contributed by atoms with Gasteiger partial charge >= 0.3 is 6.09 Å². The maximum atomic E-state index is 13.2. The molecular weight excluding hydrogens is 893 g/mol. The molecule has 6 heterocycles. The Balaban J connectivity index is 0.000000198. The number of fused-ring (bicyclic) bond motifs is 4. The Bertz CT molecular complexity index is 2540. The second-order valence-electron chi connectivity index (χ2n) is 17.9. The molecule has 0 aliphatic carbocycles. The number of anilines is 2. The van der Waals surface area contributed by atoms with E-state index in [2.05, 4.69) is 67.9 Å². The summed E-state index contributed by atoms with van der Waals surface area (Å²) in [6, 6.07) is 17.2. The van der Waals surface area contributed by atoms with Crippen LogP contribution < -0.4 is 25.8 Å². The van der Waals surface area contributed by atoms with Crippen molar-refractivity contribution >= 4 is 93.7 Å². The van der Waals surface area contributed by atoms with Crippen molar-refractivity contribution < 1.29 is 19.1 Å². The van der Waals surface area contributed by atoms with Gasteiger partial charge in [0, 0.05) is 86.1 Å². The van der Waals surface area contributed by atoms with E-state index in [0.717, 1.165) is 78.5 Å². The lowest BCUT2D eigenvalue weighted by Gasteiger charge is -2.30. The lowest BCUT2D eigenvalue weighted by atomic mass is 10.0. The molecule has 2 atom stereocenters. The van der Waals surface area contributed by atoms with Gasteiger partial charge in [0.15, 0.2) is 0 Å². The second-order valence-corrected chi connectivity index (χ2v) is 22.1. The van der Waals surface area contributed by atoms with Crippen molar-refractivity contribution in [1.82, 2.24) is 30.8 Å². The Morgan fingerprint density at radius 1 is 0.754 bits per heavy atom. The van der Waals surface area contributed by atoms with Gasteiger partial charge in [-0.25, -0.2) is 14.8 Å². The van der Waals surface area contributed by atoms with Crippen molar-refractivity contribution in [3.63, 3.8) is 0 Å². The number of nitrogens with one attached hydrogen (secondary N) is 3. The van der Waals surface area contributed by atoms with Gasteiger partial charge in [-0.2, -0.15) is 0 Å². The molecule has 2 aliphatic rings. The van der Waals surface area contributed by atoms with Crippen LogP contribution in [0.5, 0.6) is 0 Å². The van der Waals surface area contributed by atoms with Crippen LogP contribution in [0.4, 0.5) is 14.8 Å². The van der Waals surface area contributed by atoms with E-state index >= 15 is 0 Å². The molecule has 4 aromatic heterocycles. The predicted octanol–water partition coefficient (Wildman–Crippen LogP) is 10.5. The fourth-order valence-electron chi connectivity index (χ4n) is 7.77. The topological polar surface area (TPSA) is 132 Å². The molecule has 65 heavy (non-hydrogen) atoms. The van der Waals surface area contributed by atoms with Gasteiger partial charge in [-0.05, 0) is 102 Å². The standard InChI is InChI=1S/C27H36N4O3S2.C22H28N4OS2/c1-7-17(2)28-14-12-22(32)30(6)25-23(24-29-19-10-8-9-11-20(19)35-24)18-13-15-31(16-21(18)36-25)26(33)34-27(3,4)5;1-4-14(2)24-12-10-19(27)26(3)22-20(15-9-11-23-13-18(15)29-22)21-25-16-7-5-6-8-17(16)28-21/h8-11,17,28H,7,12-16H2,1-6H3;5-8,14,23-24H,4,9-13H2,1-3H3. The van der Waals surface area contributed by atoms with Crippen molar-refractivity contribution in [1.29, 1.82) is 0 Å². The summed E-state index contributed by atoms with van der Waals surface area (Å²) in [5.41, 5.74) is 6.19. The van der Waals surface area contributed by atoms with E-state index in [0.29, 0.717) is 57.5 Å². The molecule has 3 N–H and O–H groups in total. The lowest BCUT2D eigenvalue weighted by Crippen LogP contribution is -2.39. The zero-order chi connectivity index (χ0) is 46.4. The van der Waals surface area contributed by atoms with Crippen molar-refractivity contribution in [3.05, 3.63) is 69.4 Å². The molecule has 0 radical (unpaired) electrons. The smallest absolute Gasteiger partial charge is 0.410 e. The first kappa shape index (κ1) is 48.6. The average Bonchev–Trinajstić information content (AvgIpc) is 4.09. The van der Waals surface area contributed by atoms with Gasteiger partial charge in [0.1, 0.15) is 25.6 Å². The molecule has 2 aromatic carbocycles. The zero-order valence-corrected chi connectivity index (χ0v) is 42.5. The van der Waals surface area contributed by atoms with E-state index in [9.17, 15) is 14.4 Å². The Kier molecular flexibility index (Phi) is 16.1. The molecule has 2 aliphatic heterocycles. The minimum absolute atomic E-state index is 0.0655. The third kappa shape index (κ3) is 11.6. The predicted molar refractivity (Wildman–Crippen MR) is 273 cm³/mol. The fourth-order valence-corrected chi connectivity index (χ4v) is 12.6. The molecule has 3 amide bonds. The van der Waals surface area contributed by atoms with Crippen LogP contribution in [0.3, 0.4) is 0 Å². The average molecular weight is 957 g/mol. The number of benzene rings is 2. The Hall–Kier alpha value is -4.29. The molecule has 6 aromatic rings. The molecular formula is C49H64N8O4S4. The summed E-state index contributed by atoms with van der Waals surface area (Å²) in [4.78, 5) is 56.6. The van der Waals surface area contributed by atoms with E-state index in [4.69, 9.17) is 14.7 Å². The summed E-state index contributed by atoms with van der Waals surface area (Å²) in [5.74, 6) is 0.213. The molecule has 8 rings (SSSR count). The van der Waals surface area contributed by atoms with Gasteiger partial charge in [0.05, 0.1) is 27.0 Å². The summed E-state index contributed by atoms with van der Waals surface area (Å²) in [5, 5.41) is 14.2. The van der Waals surface area contributed by atoms with E-state index in [1.807, 2.05) is 64.0 Å². The van der Waals surface area contributed by atoms with Crippen LogP contribution in [-0.4, -0.2) is 90.7 Å². The fraction of sp³-hybridized carbons (Fsp3) is 0.490. The number of carbonyl (C=O) groups is 3. The quantitative estimate of drug-likeness (QED) is 0.0976. The number of rotatable bonds is 14. The first-order chi connectivity index (χ1) is 31.1. The van der Waals surface area contributed by atoms with Crippen LogP contribution in [-0.2, 0) is 40.3 Å². The third-order valence-electron chi connectivity index (χ3n) is 11.9. The monoisotopic (exact) mass is 956 g/mol. The SMILES string of the molecule is CCC(C)NCCC(=O)N(C)c1sc2c(c1-c1nc3ccccc3s1)CCN(C(=O)OC(C)(C)C)C2.CCC(C)NCCC(=O)N(C)c1sc2c(c1-c1nc3ccccc3s1)CCNC2. The van der Waals surface area contributed by atoms with Crippen molar-refractivity contribution in [2.75, 3.05) is 50.1 Å². The number of ether oxygens (including phenoxy) is 1. The summed E-state index contributed by atoms with van der Waals surface area (Å²) in [6.45, 7) is 18.5. The number of aromatic nitrogens is 2. The van der Waals surface area contributed by atoms with Gasteiger partial charge < -0.3 is 35.4 Å². The highest BCUT2D eigenvalue weighted by atomic mass is 32.1. The largest absolute Gasteiger partial charge is 0.444 e. The number of amides is 3. The van der Waals surface area contributed by atoms with Crippen LogP contribution in [0.25, 0.3) is 41.6 Å². The van der Waals surface area contributed by atoms with Gasteiger partial charge in [0.2, 0.25) is 11.8 Å². The van der Waals surface area contributed by atoms with Crippen LogP contribution >= 0.6 is 45.3 Å². The summed E-state index contributed by atoms with van der Waals surface area (Å²) < 4.78 is 7.93. The summed E-state index contributed by atoms with van der Waals surface area (Å²) >= 11 is 6.70. The number of thiophene rings is 2. The Morgan fingerprint density at radius 2 is 1.25 bits per heavy atom. The van der Waals surface area contributed by atoms with Crippen molar-refractivity contribution in [3.8, 4) is 21.1 Å². The molecule has 16 heteroatoms. The van der Waals surface area contributed by atoms with Crippen LogP contribution in [0.2, 0.25) is 0 Å². The van der Waals surface area contributed by atoms with Crippen LogP contribution in [0.15, 0.2) is 48.5 Å². The van der Waals surface area contributed by atoms with Crippen molar-refractivity contribution in [2.45, 2.75) is 118 Å². The minimum Gasteiger partial charge on any atom is -0.444 e. The normalized spacial score (nSPS) is 14.6. The first-order valence-electron chi connectivity index (χ1n) is 22.8. The molecule has 0 spiro atoms. The van der Waals surface area contributed by atoms with Gasteiger partial charge in [0.25, 0.3) is 0 Å². The van der Waals surface area contributed by atoms with Gasteiger partial charge in [-0.3, -0.25) is 9.59 Å². The maximum Gasteiger partial charge on any atom is 0.410 e. The second kappa shape index (κ2) is 21.6. The number of hydrogen-bond acceptors (Lipinski definition) is 13. The molecule has 348 valence electrons. The molecule has 0 fully saturated rings. The van der Waals surface area contributed by atoms with E-state index in [-0.39, 0.29) is 17.9 Å². The highest BCUT2D eigenvalue weighted by molar-refractivity contribution is 7.23. The summed E-state index contributed by atoms with van der Waals surface area (Å²) in [6.07, 6.45) is 4.40. The van der Waals surface area contributed by atoms with Crippen molar-refractivity contribution in [2.24, 2.45) is 0 Å². The minimum atomic E-state index is -0.542. The number of thiazole rings is 2. The van der Waals surface area contributed by atoms with Crippen LogP contribution in [0.1, 0.15) is 95.0 Å². The third-order valence-corrected chi connectivity index (χ3v) is 16.6. The molecule has 0 saturated carbocycles. The lowest BCUT2D eigenvalue weighted by molar-refractivity contribution is -0.119. The van der Waals surface area contributed by atoms with E-state index in [1.165, 1.54) is 26.3 Å². The molecule has 2 unspecified atom stereocenters. The summed E-state index contributed by atoms with van der Waals surface area (Å²) in [7, 11) is 3.76. The number of carbonyl (C=O) groups excluding carboxylic acids is 3. The van der Waals surface area contributed by atoms with E-state index in [1.54, 1.807) is 55.1 Å². The highest BCUT2D eigenvalue weighted by Crippen LogP contribution is 2.48. The number of para-hydroxylation sites is 2. The van der Waals surface area contributed by atoms with Crippen LogP contribution in [0, 0.1) is 0 Å². The zero-order valence-electron chi connectivity index (χ0n) is 39.3. The Morgan fingerprint density at radius 3 is 1.74 bits per heavy atom. The van der Waals surface area contributed by atoms with Gasteiger partial charge in [-0.1, -0.05) is 38.1 Å². The van der Waals surface area contributed by atoms with E-state index < -0.39 is 5.60 Å². The number of hydrogen-bond donors (Lipinski definition) is 3. The molecule has 0 bridgehead atoms. The molecule has 12 nitrogen and oxygen atoms in total. The highest BCUT2D eigenvalue weighted by Gasteiger charge is 2.33. The molecule has 0 saturated heterocycles. The number of nitrogens with zero attached hydrogens (tertiary/aromatic N) is 5. The van der Waals surface area contributed by atoms with Gasteiger partial charge in [-0.15, -0.1) is 45.3 Å². The Labute approximate surface area is 399 Å². The maximum absolute atomic E-state index is 13.2. The first-order valence-corrected chi connectivity index (χ1v) is 26.1.